The number of rotatable bonds is 7. The molecule has 0 bridgehead atoms. The molecule has 0 spiro atoms. The maximum absolute atomic E-state index is 12.9. The van der Waals surface area contributed by atoms with Crippen LogP contribution in [0.2, 0.25) is 0 Å². The standard InChI is InChI=1S/C29H25N3O4/c1-2-34-29(33)25-16-24(31-32(25)17-19-8-4-3-5-9-19)28-21-10-6-7-11-22(21)30-23(28)14-20-12-13-26-27(15-20)36-18-35-26/h3-13,15-16,30H,2,14,17-18H2,1H3. The number of aromatic amines is 1. The molecule has 0 amide bonds. The third-order valence-corrected chi connectivity index (χ3v) is 6.30. The molecule has 1 N–H and O–H groups in total. The second-order valence-electron chi connectivity index (χ2n) is 8.67. The number of fused-ring (bicyclic) bond motifs is 2. The highest BCUT2D eigenvalue weighted by Gasteiger charge is 2.23. The highest BCUT2D eigenvalue weighted by Crippen LogP contribution is 2.36. The topological polar surface area (TPSA) is 78.4 Å². The number of para-hydroxylation sites is 1. The quantitative estimate of drug-likeness (QED) is 0.309. The summed E-state index contributed by atoms with van der Waals surface area (Å²) < 4.78 is 18.1. The third-order valence-electron chi connectivity index (χ3n) is 6.30. The molecule has 36 heavy (non-hydrogen) atoms. The SMILES string of the molecule is CCOC(=O)c1cc(-c2c(Cc3ccc4c(c3)OCO4)[nH]c3ccccc23)nn1Cc1ccccc1. The number of nitrogens with zero attached hydrogens (tertiary/aromatic N) is 2. The van der Waals surface area contributed by atoms with Crippen LogP contribution in [-0.4, -0.2) is 34.1 Å². The van der Waals surface area contributed by atoms with Crippen LogP contribution < -0.4 is 9.47 Å². The van der Waals surface area contributed by atoms with Crippen molar-refractivity contribution >= 4 is 16.9 Å². The molecule has 0 atom stereocenters. The van der Waals surface area contributed by atoms with Crippen LogP contribution in [0, 0.1) is 0 Å². The van der Waals surface area contributed by atoms with E-state index in [1.54, 1.807) is 11.6 Å². The number of carbonyl (C=O) groups excluding carboxylic acids is 1. The Balaban J connectivity index is 1.45. The first-order valence-electron chi connectivity index (χ1n) is 12.0. The summed E-state index contributed by atoms with van der Waals surface area (Å²) in [7, 11) is 0. The Bertz CT molecular complexity index is 1550. The predicted molar refractivity (Wildman–Crippen MR) is 136 cm³/mol. The average Bonchev–Trinajstić information content (AvgIpc) is 3.61. The number of hydrogen-bond acceptors (Lipinski definition) is 5. The molecule has 3 aromatic carbocycles. The van der Waals surface area contributed by atoms with Crippen molar-refractivity contribution in [2.24, 2.45) is 0 Å². The normalized spacial score (nSPS) is 12.2. The molecule has 1 aliphatic heterocycles. The molecule has 180 valence electrons. The van der Waals surface area contributed by atoms with Crippen molar-refractivity contribution in [3.8, 4) is 22.8 Å². The fourth-order valence-corrected chi connectivity index (χ4v) is 4.66. The number of esters is 1. The molecular weight excluding hydrogens is 454 g/mol. The molecule has 0 saturated carbocycles. The van der Waals surface area contributed by atoms with E-state index in [2.05, 4.69) is 17.1 Å². The fourth-order valence-electron chi connectivity index (χ4n) is 4.66. The van der Waals surface area contributed by atoms with Gasteiger partial charge in [-0.25, -0.2) is 4.79 Å². The zero-order valence-electron chi connectivity index (χ0n) is 19.9. The lowest BCUT2D eigenvalue weighted by molar-refractivity contribution is 0.0512. The molecule has 7 nitrogen and oxygen atoms in total. The van der Waals surface area contributed by atoms with E-state index < -0.39 is 0 Å². The van der Waals surface area contributed by atoms with Crippen LogP contribution in [0.15, 0.2) is 78.9 Å². The predicted octanol–water partition coefficient (Wildman–Crippen LogP) is 5.58. The van der Waals surface area contributed by atoms with E-state index in [0.29, 0.717) is 25.3 Å². The lowest BCUT2D eigenvalue weighted by atomic mass is 10.0. The molecule has 0 unspecified atom stereocenters. The van der Waals surface area contributed by atoms with E-state index in [4.69, 9.17) is 19.3 Å². The van der Waals surface area contributed by atoms with Crippen molar-refractivity contribution in [1.82, 2.24) is 14.8 Å². The van der Waals surface area contributed by atoms with Gasteiger partial charge in [0.15, 0.2) is 11.5 Å². The van der Waals surface area contributed by atoms with Gasteiger partial charge in [0.1, 0.15) is 5.69 Å². The van der Waals surface area contributed by atoms with E-state index in [9.17, 15) is 4.79 Å². The van der Waals surface area contributed by atoms with Gasteiger partial charge in [0.2, 0.25) is 6.79 Å². The van der Waals surface area contributed by atoms with Crippen LogP contribution in [-0.2, 0) is 17.7 Å². The Kier molecular flexibility index (Phi) is 5.65. The Morgan fingerprint density at radius 3 is 2.64 bits per heavy atom. The summed E-state index contributed by atoms with van der Waals surface area (Å²) in [6, 6.07) is 25.9. The van der Waals surface area contributed by atoms with Crippen LogP contribution in [0.25, 0.3) is 22.2 Å². The number of benzene rings is 3. The summed E-state index contributed by atoms with van der Waals surface area (Å²) in [6.45, 7) is 2.81. The Hall–Kier alpha value is -4.52. The summed E-state index contributed by atoms with van der Waals surface area (Å²) in [6.07, 6.45) is 0.640. The zero-order valence-corrected chi connectivity index (χ0v) is 19.9. The van der Waals surface area contributed by atoms with Gasteiger partial charge in [-0.15, -0.1) is 0 Å². The van der Waals surface area contributed by atoms with E-state index in [1.165, 1.54) is 0 Å². The molecule has 3 heterocycles. The van der Waals surface area contributed by atoms with Crippen LogP contribution in [0.4, 0.5) is 0 Å². The fraction of sp³-hybridized carbons (Fsp3) is 0.172. The maximum Gasteiger partial charge on any atom is 0.356 e. The Morgan fingerprint density at radius 1 is 0.972 bits per heavy atom. The highest BCUT2D eigenvalue weighted by atomic mass is 16.7. The van der Waals surface area contributed by atoms with Gasteiger partial charge in [-0.3, -0.25) is 4.68 Å². The molecule has 5 aromatic rings. The monoisotopic (exact) mass is 479 g/mol. The number of nitrogens with one attached hydrogen (secondary N) is 1. The lowest BCUT2D eigenvalue weighted by Crippen LogP contribution is -2.14. The van der Waals surface area contributed by atoms with Crippen molar-refractivity contribution in [3.05, 3.63) is 101 Å². The molecule has 7 heteroatoms. The van der Waals surface area contributed by atoms with Crippen molar-refractivity contribution in [3.63, 3.8) is 0 Å². The molecule has 0 saturated heterocycles. The van der Waals surface area contributed by atoms with Crippen molar-refractivity contribution in [2.75, 3.05) is 13.4 Å². The largest absolute Gasteiger partial charge is 0.461 e. The van der Waals surface area contributed by atoms with E-state index in [-0.39, 0.29) is 12.8 Å². The molecule has 2 aromatic heterocycles. The van der Waals surface area contributed by atoms with Gasteiger partial charge in [0.05, 0.1) is 18.8 Å². The minimum absolute atomic E-state index is 0.242. The first kappa shape index (κ1) is 22.0. The summed E-state index contributed by atoms with van der Waals surface area (Å²) >= 11 is 0. The Morgan fingerprint density at radius 2 is 1.78 bits per heavy atom. The molecular formula is C29H25N3O4. The molecule has 0 radical (unpaired) electrons. The third kappa shape index (κ3) is 4.09. The smallest absolute Gasteiger partial charge is 0.356 e. The van der Waals surface area contributed by atoms with Gasteiger partial charge in [-0.1, -0.05) is 54.6 Å². The molecule has 0 aliphatic carbocycles. The van der Waals surface area contributed by atoms with Gasteiger partial charge in [0.25, 0.3) is 0 Å². The first-order chi connectivity index (χ1) is 17.7. The van der Waals surface area contributed by atoms with Crippen LogP contribution in [0.5, 0.6) is 11.5 Å². The zero-order chi connectivity index (χ0) is 24.5. The maximum atomic E-state index is 12.9. The van der Waals surface area contributed by atoms with Crippen molar-refractivity contribution in [2.45, 2.75) is 19.9 Å². The number of carbonyl (C=O) groups is 1. The first-order valence-corrected chi connectivity index (χ1v) is 12.0. The van der Waals surface area contributed by atoms with Crippen molar-refractivity contribution in [1.29, 1.82) is 0 Å². The second kappa shape index (κ2) is 9.26. The van der Waals surface area contributed by atoms with Gasteiger partial charge < -0.3 is 19.2 Å². The van der Waals surface area contributed by atoms with Gasteiger partial charge >= 0.3 is 5.97 Å². The van der Waals surface area contributed by atoms with Gasteiger partial charge in [-0.2, -0.15) is 5.10 Å². The van der Waals surface area contributed by atoms with E-state index in [0.717, 1.165) is 50.5 Å². The van der Waals surface area contributed by atoms with Crippen molar-refractivity contribution < 1.29 is 19.0 Å². The summed E-state index contributed by atoms with van der Waals surface area (Å²) in [5, 5.41) is 5.96. The summed E-state index contributed by atoms with van der Waals surface area (Å²) in [5.74, 6) is 1.13. The molecule has 6 rings (SSSR count). The second-order valence-corrected chi connectivity index (χ2v) is 8.67. The van der Waals surface area contributed by atoms with Gasteiger partial charge in [-0.05, 0) is 42.3 Å². The number of aromatic nitrogens is 3. The lowest BCUT2D eigenvalue weighted by Gasteiger charge is -2.07. The minimum atomic E-state index is -0.385. The molecule has 0 fully saturated rings. The van der Waals surface area contributed by atoms with Crippen LogP contribution in [0.1, 0.15) is 34.2 Å². The average molecular weight is 480 g/mol. The number of hydrogen-bond donors (Lipinski definition) is 1. The summed E-state index contributed by atoms with van der Waals surface area (Å²) in [5.41, 5.74) is 6.28. The highest BCUT2D eigenvalue weighted by molar-refractivity contribution is 5.98. The minimum Gasteiger partial charge on any atom is -0.461 e. The van der Waals surface area contributed by atoms with Gasteiger partial charge in [0, 0.05) is 28.6 Å². The van der Waals surface area contributed by atoms with E-state index >= 15 is 0 Å². The number of H-pyrrole nitrogens is 1. The van der Waals surface area contributed by atoms with Crippen LogP contribution in [0.3, 0.4) is 0 Å². The summed E-state index contributed by atoms with van der Waals surface area (Å²) in [4.78, 5) is 16.4. The van der Waals surface area contributed by atoms with Crippen LogP contribution >= 0.6 is 0 Å². The molecule has 1 aliphatic rings. The number of ether oxygens (including phenoxy) is 3. The Labute approximate surface area is 208 Å². The van der Waals surface area contributed by atoms with E-state index in [1.807, 2.05) is 66.7 Å².